The van der Waals surface area contributed by atoms with Crippen molar-refractivity contribution in [3.8, 4) is 0 Å². The smallest absolute Gasteiger partial charge is 0.226 e. The van der Waals surface area contributed by atoms with Crippen LogP contribution in [0.1, 0.15) is 18.2 Å². The summed E-state index contributed by atoms with van der Waals surface area (Å²) >= 11 is 6.29. The molecule has 5 heterocycles. The number of amides is 1. The Kier molecular flexibility index (Phi) is 4.31. The van der Waals surface area contributed by atoms with Gasteiger partial charge in [-0.3, -0.25) is 4.79 Å². The largest absolute Gasteiger partial charge is 0.363 e. The van der Waals surface area contributed by atoms with Crippen LogP contribution in [0.2, 0.25) is 5.15 Å². The fourth-order valence-corrected chi connectivity index (χ4v) is 4.52. The highest BCUT2D eigenvalue weighted by Crippen LogP contribution is 2.37. The van der Waals surface area contributed by atoms with Gasteiger partial charge in [-0.05, 0) is 19.1 Å². The summed E-state index contributed by atoms with van der Waals surface area (Å²) in [7, 11) is 1.68. The van der Waals surface area contributed by atoms with E-state index < -0.39 is 0 Å². The number of pyridine rings is 1. The molecule has 3 aromatic heterocycles. The van der Waals surface area contributed by atoms with E-state index in [1.807, 2.05) is 18.3 Å². The number of hydrogen-bond acceptors (Lipinski definition) is 6. The molecule has 1 amide bonds. The zero-order valence-corrected chi connectivity index (χ0v) is 17.1. The average molecular weight is 412 g/mol. The van der Waals surface area contributed by atoms with E-state index in [0.717, 1.165) is 40.2 Å². The molecular formula is C20H22ClN7O. The second kappa shape index (κ2) is 6.88. The van der Waals surface area contributed by atoms with Gasteiger partial charge in [-0.25, -0.2) is 15.0 Å². The third-order valence-electron chi connectivity index (χ3n) is 5.94. The first-order valence-corrected chi connectivity index (χ1v) is 10.1. The van der Waals surface area contributed by atoms with Crippen LogP contribution >= 0.6 is 11.6 Å². The Labute approximate surface area is 173 Å². The number of rotatable bonds is 3. The Balaban J connectivity index is 1.49. The van der Waals surface area contributed by atoms with Gasteiger partial charge in [-0.1, -0.05) is 11.6 Å². The first kappa shape index (κ1) is 18.2. The summed E-state index contributed by atoms with van der Waals surface area (Å²) in [4.78, 5) is 33.0. The van der Waals surface area contributed by atoms with Crippen LogP contribution in [0, 0.1) is 5.92 Å². The van der Waals surface area contributed by atoms with Crippen molar-refractivity contribution in [3.63, 3.8) is 0 Å². The number of H-pyrrole nitrogens is 1. The van der Waals surface area contributed by atoms with Gasteiger partial charge >= 0.3 is 0 Å². The van der Waals surface area contributed by atoms with Gasteiger partial charge in [0.05, 0.1) is 17.3 Å². The Morgan fingerprint density at radius 2 is 2.17 bits per heavy atom. The molecular weight excluding hydrogens is 390 g/mol. The van der Waals surface area contributed by atoms with Crippen molar-refractivity contribution in [2.24, 2.45) is 5.92 Å². The SMILES string of the molecule is CNC(=O)C1CN(c2ncnc3c2CN(c2cc(Cl)nc4[nH]ccc24)[C@H](C)C3)C1. The minimum absolute atomic E-state index is 0.0164. The van der Waals surface area contributed by atoms with Crippen molar-refractivity contribution < 1.29 is 4.79 Å². The van der Waals surface area contributed by atoms with Gasteiger partial charge in [0.15, 0.2) is 0 Å². The standard InChI is InChI=1S/C20H22ClN7O/c1-11-5-15-14(19(25-10-24-15)27-7-12(8-27)20(29)22-2)9-28(11)16-6-17(21)26-18-13(16)3-4-23-18/h3-4,6,10-12H,5,7-9H2,1-2H3,(H,22,29)(H,23,26)/t11-/m1/s1. The number of halogens is 1. The summed E-state index contributed by atoms with van der Waals surface area (Å²) in [5.74, 6) is 1.03. The third-order valence-corrected chi connectivity index (χ3v) is 6.14. The molecule has 0 bridgehead atoms. The zero-order valence-electron chi connectivity index (χ0n) is 16.3. The van der Waals surface area contributed by atoms with Gasteiger partial charge in [0.2, 0.25) is 5.91 Å². The maximum Gasteiger partial charge on any atom is 0.226 e. The summed E-state index contributed by atoms with van der Waals surface area (Å²) in [5.41, 5.74) is 4.04. The van der Waals surface area contributed by atoms with Crippen molar-refractivity contribution >= 4 is 40.0 Å². The van der Waals surface area contributed by atoms with E-state index in [-0.39, 0.29) is 17.9 Å². The number of aromatic nitrogens is 4. The molecule has 2 N–H and O–H groups in total. The van der Waals surface area contributed by atoms with Crippen LogP contribution in [0.3, 0.4) is 0 Å². The summed E-state index contributed by atoms with van der Waals surface area (Å²) in [5, 5.41) is 4.24. The van der Waals surface area contributed by atoms with Crippen LogP contribution in [-0.2, 0) is 17.8 Å². The number of carbonyl (C=O) groups is 1. The number of aromatic amines is 1. The van der Waals surface area contributed by atoms with Crippen molar-refractivity contribution in [2.45, 2.75) is 25.9 Å². The highest BCUT2D eigenvalue weighted by atomic mass is 35.5. The Hall–Kier alpha value is -2.87. The van der Waals surface area contributed by atoms with Gasteiger partial charge in [0, 0.05) is 56.3 Å². The molecule has 8 nitrogen and oxygen atoms in total. The van der Waals surface area contributed by atoms with Gasteiger partial charge in [-0.15, -0.1) is 0 Å². The van der Waals surface area contributed by atoms with Crippen LogP contribution in [-0.4, -0.2) is 52.0 Å². The highest BCUT2D eigenvalue weighted by molar-refractivity contribution is 6.30. The van der Waals surface area contributed by atoms with Crippen LogP contribution in [0.15, 0.2) is 24.7 Å². The van der Waals surface area contributed by atoms with Crippen LogP contribution in [0.5, 0.6) is 0 Å². The second-order valence-electron chi connectivity index (χ2n) is 7.72. The highest BCUT2D eigenvalue weighted by Gasteiger charge is 2.36. The molecule has 29 heavy (non-hydrogen) atoms. The van der Waals surface area contributed by atoms with Gasteiger partial charge in [0.25, 0.3) is 0 Å². The first-order valence-electron chi connectivity index (χ1n) is 9.74. The average Bonchev–Trinajstić information content (AvgIpc) is 3.14. The molecule has 1 fully saturated rings. The van der Waals surface area contributed by atoms with Crippen molar-refractivity contribution in [3.05, 3.63) is 41.1 Å². The molecule has 0 spiro atoms. The van der Waals surface area contributed by atoms with Gasteiger partial charge in [-0.2, -0.15) is 0 Å². The molecule has 1 saturated heterocycles. The minimum atomic E-state index is 0.0164. The van der Waals surface area contributed by atoms with Crippen LogP contribution in [0.25, 0.3) is 11.0 Å². The Morgan fingerprint density at radius 3 is 2.97 bits per heavy atom. The van der Waals surface area contributed by atoms with E-state index in [4.69, 9.17) is 11.6 Å². The predicted molar refractivity (Wildman–Crippen MR) is 112 cm³/mol. The lowest BCUT2D eigenvalue weighted by Crippen LogP contribution is -2.54. The van der Waals surface area contributed by atoms with E-state index in [0.29, 0.717) is 24.8 Å². The molecule has 0 aromatic carbocycles. The minimum Gasteiger partial charge on any atom is -0.363 e. The number of hydrogen-bond donors (Lipinski definition) is 2. The fraction of sp³-hybridized carbons (Fsp3) is 0.400. The number of nitrogens with zero attached hydrogens (tertiary/aromatic N) is 5. The van der Waals surface area contributed by atoms with E-state index in [2.05, 4.69) is 42.0 Å². The molecule has 150 valence electrons. The normalized spacial score (nSPS) is 19.2. The molecule has 0 radical (unpaired) electrons. The van der Waals surface area contributed by atoms with Gasteiger partial charge in [0.1, 0.15) is 22.9 Å². The number of carbonyl (C=O) groups excluding carboxylic acids is 1. The van der Waals surface area contributed by atoms with Crippen molar-refractivity contribution in [1.29, 1.82) is 0 Å². The van der Waals surface area contributed by atoms with Crippen LogP contribution < -0.4 is 15.1 Å². The number of nitrogens with one attached hydrogen (secondary N) is 2. The molecule has 2 aliphatic rings. The quantitative estimate of drug-likeness (QED) is 0.642. The summed E-state index contributed by atoms with van der Waals surface area (Å²) in [6.07, 6.45) is 4.34. The number of fused-ring (bicyclic) bond motifs is 2. The molecule has 0 aliphatic carbocycles. The molecule has 0 saturated carbocycles. The molecule has 2 aliphatic heterocycles. The topological polar surface area (TPSA) is 90.0 Å². The van der Waals surface area contributed by atoms with Gasteiger partial charge < -0.3 is 20.1 Å². The lowest BCUT2D eigenvalue weighted by molar-refractivity contribution is -0.125. The maximum atomic E-state index is 11.9. The maximum absolute atomic E-state index is 11.9. The Morgan fingerprint density at radius 1 is 1.34 bits per heavy atom. The molecule has 9 heteroatoms. The monoisotopic (exact) mass is 411 g/mol. The third kappa shape index (κ3) is 2.98. The van der Waals surface area contributed by atoms with E-state index in [1.165, 1.54) is 0 Å². The predicted octanol–water partition coefficient (Wildman–Crippen LogP) is 2.14. The zero-order chi connectivity index (χ0) is 20.1. The lowest BCUT2D eigenvalue weighted by atomic mass is 9.95. The van der Waals surface area contributed by atoms with E-state index >= 15 is 0 Å². The summed E-state index contributed by atoms with van der Waals surface area (Å²) < 4.78 is 0. The fourth-order valence-electron chi connectivity index (χ4n) is 4.34. The summed E-state index contributed by atoms with van der Waals surface area (Å²) in [6, 6.07) is 4.22. The van der Waals surface area contributed by atoms with Crippen LogP contribution in [0.4, 0.5) is 11.5 Å². The Bertz CT molecular complexity index is 1090. The lowest BCUT2D eigenvalue weighted by Gasteiger charge is -2.42. The van der Waals surface area contributed by atoms with Crippen molar-refractivity contribution in [2.75, 3.05) is 29.9 Å². The molecule has 0 unspecified atom stereocenters. The van der Waals surface area contributed by atoms with Crippen molar-refractivity contribution in [1.82, 2.24) is 25.3 Å². The molecule has 5 rings (SSSR count). The molecule has 3 aromatic rings. The number of anilines is 2. The van der Waals surface area contributed by atoms with E-state index in [1.54, 1.807) is 13.4 Å². The van der Waals surface area contributed by atoms with E-state index in [9.17, 15) is 4.79 Å². The summed E-state index contributed by atoms with van der Waals surface area (Å²) in [6.45, 7) is 4.25. The first-order chi connectivity index (χ1) is 14.0. The second-order valence-corrected chi connectivity index (χ2v) is 8.11. The molecule has 1 atom stereocenters.